The molecule has 1 rings (SSSR count). The summed E-state index contributed by atoms with van der Waals surface area (Å²) in [6, 6.07) is 7.68. The number of methoxy groups -OCH3 is 1. The molecule has 106 valence electrons. The van der Waals surface area contributed by atoms with Gasteiger partial charge < -0.3 is 15.8 Å². The number of nitrogens with one attached hydrogen (secondary N) is 1. The zero-order chi connectivity index (χ0) is 14.5. The highest BCUT2D eigenvalue weighted by molar-refractivity contribution is 5.76. The van der Waals surface area contributed by atoms with Gasteiger partial charge in [0.2, 0.25) is 5.91 Å². The van der Waals surface area contributed by atoms with Crippen LogP contribution in [-0.2, 0) is 4.79 Å². The van der Waals surface area contributed by atoms with Crippen LogP contribution in [0.15, 0.2) is 24.3 Å². The summed E-state index contributed by atoms with van der Waals surface area (Å²) in [6.45, 7) is 5.81. The lowest BCUT2D eigenvalue weighted by molar-refractivity contribution is -0.122. The first-order valence-electron chi connectivity index (χ1n) is 6.54. The molecule has 4 heteroatoms. The Morgan fingerprint density at radius 1 is 1.37 bits per heavy atom. The van der Waals surface area contributed by atoms with E-state index in [1.165, 1.54) is 0 Å². The molecule has 0 fully saturated rings. The first kappa shape index (κ1) is 15.5. The van der Waals surface area contributed by atoms with Crippen molar-refractivity contribution < 1.29 is 9.53 Å². The summed E-state index contributed by atoms with van der Waals surface area (Å²) in [5.74, 6) is 0.842. The van der Waals surface area contributed by atoms with Crippen LogP contribution in [0.1, 0.15) is 45.2 Å². The molecule has 0 spiro atoms. The maximum absolute atomic E-state index is 11.8. The van der Waals surface area contributed by atoms with Crippen molar-refractivity contribution in [2.24, 2.45) is 5.73 Å². The highest BCUT2D eigenvalue weighted by Gasteiger charge is 2.15. The topological polar surface area (TPSA) is 64.3 Å². The van der Waals surface area contributed by atoms with E-state index in [1.54, 1.807) is 7.11 Å². The minimum Gasteiger partial charge on any atom is -0.497 e. The fourth-order valence-electron chi connectivity index (χ4n) is 1.73. The molecule has 0 aliphatic heterocycles. The average molecular weight is 264 g/mol. The van der Waals surface area contributed by atoms with Crippen LogP contribution in [0.4, 0.5) is 0 Å². The number of carbonyl (C=O) groups is 1. The predicted molar refractivity (Wildman–Crippen MR) is 77.1 cm³/mol. The Balaban J connectivity index is 2.49. The van der Waals surface area contributed by atoms with Gasteiger partial charge in [0.25, 0.3) is 0 Å². The van der Waals surface area contributed by atoms with E-state index < -0.39 is 0 Å². The highest BCUT2D eigenvalue weighted by atomic mass is 16.5. The Morgan fingerprint density at radius 3 is 2.42 bits per heavy atom. The molecule has 0 radical (unpaired) electrons. The van der Waals surface area contributed by atoms with Gasteiger partial charge in [0.15, 0.2) is 0 Å². The summed E-state index contributed by atoms with van der Waals surface area (Å²) in [5.41, 5.74) is 6.62. The molecule has 1 aromatic rings. The van der Waals surface area contributed by atoms with Gasteiger partial charge in [0, 0.05) is 12.0 Å². The van der Waals surface area contributed by atoms with Gasteiger partial charge in [-0.1, -0.05) is 12.1 Å². The molecule has 0 aromatic heterocycles. The third-order valence-electron chi connectivity index (χ3n) is 2.99. The van der Waals surface area contributed by atoms with Crippen LogP contribution in [0, 0.1) is 0 Å². The summed E-state index contributed by atoms with van der Waals surface area (Å²) in [5, 5.41) is 2.97. The smallest absolute Gasteiger partial charge is 0.220 e. The van der Waals surface area contributed by atoms with Crippen molar-refractivity contribution in [1.82, 2.24) is 5.32 Å². The fraction of sp³-hybridized carbons (Fsp3) is 0.533. The van der Waals surface area contributed by atoms with E-state index in [-0.39, 0.29) is 17.5 Å². The van der Waals surface area contributed by atoms with Crippen molar-refractivity contribution in [2.75, 3.05) is 7.11 Å². The van der Waals surface area contributed by atoms with E-state index in [1.807, 2.05) is 45.0 Å². The van der Waals surface area contributed by atoms with Crippen molar-refractivity contribution in [2.45, 2.75) is 45.2 Å². The molecule has 3 N–H and O–H groups in total. The number of ether oxygens (including phenoxy) is 1. The largest absolute Gasteiger partial charge is 0.497 e. The second-order valence-electron chi connectivity index (χ2n) is 5.55. The van der Waals surface area contributed by atoms with E-state index in [4.69, 9.17) is 10.5 Å². The maximum atomic E-state index is 11.8. The third kappa shape index (κ3) is 5.75. The standard InChI is InChI=1S/C15H24N2O2/c1-11(12-5-7-13(19-4)8-6-12)17-14(18)9-10-15(2,3)16/h5-8,11H,9-10,16H2,1-4H3,(H,17,18). The first-order valence-corrected chi connectivity index (χ1v) is 6.54. The van der Waals surface area contributed by atoms with E-state index in [0.29, 0.717) is 12.8 Å². The number of rotatable bonds is 6. The van der Waals surface area contributed by atoms with Gasteiger partial charge in [0.05, 0.1) is 13.2 Å². The van der Waals surface area contributed by atoms with Crippen molar-refractivity contribution in [3.8, 4) is 5.75 Å². The lowest BCUT2D eigenvalue weighted by Crippen LogP contribution is -2.35. The van der Waals surface area contributed by atoms with Gasteiger partial charge in [-0.15, -0.1) is 0 Å². The molecule has 0 bridgehead atoms. The normalized spacial score (nSPS) is 12.9. The van der Waals surface area contributed by atoms with Crippen molar-refractivity contribution in [3.05, 3.63) is 29.8 Å². The summed E-state index contributed by atoms with van der Waals surface area (Å²) in [4.78, 5) is 11.8. The van der Waals surface area contributed by atoms with Gasteiger partial charge in [-0.2, -0.15) is 0 Å². The maximum Gasteiger partial charge on any atom is 0.220 e. The van der Waals surface area contributed by atoms with E-state index >= 15 is 0 Å². The first-order chi connectivity index (χ1) is 8.81. The Morgan fingerprint density at radius 2 is 1.95 bits per heavy atom. The van der Waals surface area contributed by atoms with Crippen LogP contribution in [0.25, 0.3) is 0 Å². The molecule has 0 aliphatic rings. The quantitative estimate of drug-likeness (QED) is 0.829. The lowest BCUT2D eigenvalue weighted by Gasteiger charge is -2.19. The second kappa shape index (κ2) is 6.57. The SMILES string of the molecule is COc1ccc(C(C)NC(=O)CCC(C)(C)N)cc1. The Kier molecular flexibility index (Phi) is 5.36. The van der Waals surface area contributed by atoms with Crippen LogP contribution in [0.3, 0.4) is 0 Å². The molecular formula is C15H24N2O2. The van der Waals surface area contributed by atoms with Gasteiger partial charge in [-0.05, 0) is 44.9 Å². The van der Waals surface area contributed by atoms with E-state index in [0.717, 1.165) is 11.3 Å². The molecular weight excluding hydrogens is 240 g/mol. The summed E-state index contributed by atoms with van der Waals surface area (Å²) < 4.78 is 5.10. The zero-order valence-electron chi connectivity index (χ0n) is 12.2. The second-order valence-corrected chi connectivity index (χ2v) is 5.55. The fourth-order valence-corrected chi connectivity index (χ4v) is 1.73. The molecule has 1 amide bonds. The monoisotopic (exact) mass is 264 g/mol. The Labute approximate surface area is 115 Å². The minimum atomic E-state index is -0.305. The Hall–Kier alpha value is -1.55. The summed E-state index contributed by atoms with van der Waals surface area (Å²) in [7, 11) is 1.63. The molecule has 1 aromatic carbocycles. The molecule has 0 saturated heterocycles. The van der Waals surface area contributed by atoms with E-state index in [2.05, 4.69) is 5.32 Å². The van der Waals surface area contributed by atoms with Gasteiger partial charge in [-0.3, -0.25) is 4.79 Å². The van der Waals surface area contributed by atoms with Crippen molar-refractivity contribution >= 4 is 5.91 Å². The number of hydrogen-bond donors (Lipinski definition) is 2. The number of amides is 1. The molecule has 0 aliphatic carbocycles. The Bertz CT molecular complexity index is 407. The number of nitrogens with two attached hydrogens (primary N) is 1. The van der Waals surface area contributed by atoms with E-state index in [9.17, 15) is 4.79 Å². The predicted octanol–water partition coefficient (Wildman–Crippen LogP) is 2.39. The van der Waals surface area contributed by atoms with Gasteiger partial charge in [0.1, 0.15) is 5.75 Å². The van der Waals surface area contributed by atoms with Crippen LogP contribution >= 0.6 is 0 Å². The molecule has 1 unspecified atom stereocenters. The molecule has 4 nitrogen and oxygen atoms in total. The molecule has 0 saturated carbocycles. The summed E-state index contributed by atoms with van der Waals surface area (Å²) in [6.07, 6.45) is 1.12. The highest BCUT2D eigenvalue weighted by Crippen LogP contribution is 2.17. The number of hydrogen-bond acceptors (Lipinski definition) is 3. The lowest BCUT2D eigenvalue weighted by atomic mass is 9.99. The molecule has 0 heterocycles. The van der Waals surface area contributed by atoms with Crippen molar-refractivity contribution in [1.29, 1.82) is 0 Å². The van der Waals surface area contributed by atoms with Crippen LogP contribution < -0.4 is 15.8 Å². The van der Waals surface area contributed by atoms with Crippen molar-refractivity contribution in [3.63, 3.8) is 0 Å². The van der Waals surface area contributed by atoms with Crippen LogP contribution in [-0.4, -0.2) is 18.6 Å². The van der Waals surface area contributed by atoms with Crippen LogP contribution in [0.2, 0.25) is 0 Å². The van der Waals surface area contributed by atoms with Gasteiger partial charge >= 0.3 is 0 Å². The zero-order valence-corrected chi connectivity index (χ0v) is 12.2. The molecule has 19 heavy (non-hydrogen) atoms. The molecule has 1 atom stereocenters. The van der Waals surface area contributed by atoms with Crippen LogP contribution in [0.5, 0.6) is 5.75 Å². The number of benzene rings is 1. The minimum absolute atomic E-state index is 0.0145. The average Bonchev–Trinajstić information content (AvgIpc) is 2.35. The third-order valence-corrected chi connectivity index (χ3v) is 2.99. The summed E-state index contributed by atoms with van der Waals surface area (Å²) >= 11 is 0. The number of carbonyl (C=O) groups excluding carboxylic acids is 1. The van der Waals surface area contributed by atoms with Gasteiger partial charge in [-0.25, -0.2) is 0 Å².